The number of aromatic nitrogens is 1. The third-order valence-electron chi connectivity index (χ3n) is 4.73. The minimum Gasteiger partial charge on any atom is -0.491 e. The van der Waals surface area contributed by atoms with Gasteiger partial charge in [0.05, 0.1) is 18.8 Å². The van der Waals surface area contributed by atoms with Crippen molar-refractivity contribution in [3.8, 4) is 5.75 Å². The van der Waals surface area contributed by atoms with Crippen LogP contribution in [0.25, 0.3) is 10.8 Å². The number of hydrogen-bond donors (Lipinski definition) is 1. The van der Waals surface area contributed by atoms with Crippen LogP contribution in [0.3, 0.4) is 0 Å². The van der Waals surface area contributed by atoms with Gasteiger partial charge < -0.3 is 19.7 Å². The molecule has 2 aromatic carbocycles. The van der Waals surface area contributed by atoms with Crippen molar-refractivity contribution in [1.29, 1.82) is 0 Å². The zero-order valence-electron chi connectivity index (χ0n) is 18.5. The molecule has 1 heterocycles. The second-order valence-electron chi connectivity index (χ2n) is 6.97. The summed E-state index contributed by atoms with van der Waals surface area (Å²) < 4.78 is 11.4. The van der Waals surface area contributed by atoms with Crippen LogP contribution in [0, 0.1) is 0 Å². The molecule has 1 aromatic heterocycles. The van der Waals surface area contributed by atoms with Crippen LogP contribution in [0.1, 0.15) is 30.7 Å². The molecule has 1 unspecified atom stereocenters. The Morgan fingerprint density at radius 1 is 1.23 bits per heavy atom. The van der Waals surface area contributed by atoms with E-state index in [-0.39, 0.29) is 30.1 Å². The Labute approximate surface area is 205 Å². The monoisotopic (exact) mass is 554 g/mol. The van der Waals surface area contributed by atoms with Gasteiger partial charge >= 0.3 is 0 Å². The number of nitrogens with zero attached hydrogens (tertiary/aromatic N) is 3. The normalized spacial score (nSPS) is 12.3. The van der Waals surface area contributed by atoms with Gasteiger partial charge in [0.1, 0.15) is 23.5 Å². The van der Waals surface area contributed by atoms with Gasteiger partial charge in [-0.15, -0.1) is 35.3 Å². The van der Waals surface area contributed by atoms with Gasteiger partial charge in [-0.25, -0.2) is 9.98 Å². The number of thiazole rings is 1. The van der Waals surface area contributed by atoms with Crippen LogP contribution in [0.4, 0.5) is 0 Å². The highest BCUT2D eigenvalue weighted by Crippen LogP contribution is 2.25. The van der Waals surface area contributed by atoms with Gasteiger partial charge in [0.15, 0.2) is 5.96 Å². The topological polar surface area (TPSA) is 59.0 Å². The SMILES string of the molecule is CCNC(=NCCOc1cccc2ccccc12)N(C)Cc1csc(C(C)OC)n1.I. The minimum absolute atomic E-state index is 0. The summed E-state index contributed by atoms with van der Waals surface area (Å²) in [6.07, 6.45) is 0.0159. The molecule has 8 heteroatoms. The summed E-state index contributed by atoms with van der Waals surface area (Å²) in [5.74, 6) is 1.73. The molecule has 0 fully saturated rings. The zero-order valence-corrected chi connectivity index (χ0v) is 21.6. The fourth-order valence-electron chi connectivity index (χ4n) is 3.10. The van der Waals surface area contributed by atoms with Crippen LogP contribution < -0.4 is 10.1 Å². The zero-order chi connectivity index (χ0) is 21.3. The molecule has 0 saturated carbocycles. The summed E-state index contributed by atoms with van der Waals surface area (Å²) in [6.45, 7) is 6.65. The first-order valence-corrected chi connectivity index (χ1v) is 11.1. The summed E-state index contributed by atoms with van der Waals surface area (Å²) in [4.78, 5) is 11.5. The minimum atomic E-state index is 0. The Bertz CT molecular complexity index is 974. The first-order valence-electron chi connectivity index (χ1n) is 10.2. The van der Waals surface area contributed by atoms with Crippen molar-refractivity contribution in [2.75, 3.05) is 33.9 Å². The van der Waals surface area contributed by atoms with E-state index < -0.39 is 0 Å². The number of guanidine groups is 1. The van der Waals surface area contributed by atoms with Crippen LogP contribution >= 0.6 is 35.3 Å². The van der Waals surface area contributed by atoms with E-state index in [0.717, 1.165) is 34.3 Å². The van der Waals surface area contributed by atoms with Gasteiger partial charge in [-0.3, -0.25) is 0 Å². The number of methoxy groups -OCH3 is 1. The Kier molecular flexibility index (Phi) is 10.5. The number of benzene rings is 2. The largest absolute Gasteiger partial charge is 0.491 e. The van der Waals surface area contributed by atoms with Crippen LogP contribution in [-0.4, -0.2) is 49.7 Å². The summed E-state index contributed by atoms with van der Waals surface area (Å²) in [5.41, 5.74) is 1.01. The van der Waals surface area contributed by atoms with E-state index in [4.69, 9.17) is 14.5 Å². The van der Waals surface area contributed by atoms with Gasteiger partial charge in [-0.05, 0) is 25.3 Å². The van der Waals surface area contributed by atoms with Crippen molar-refractivity contribution in [2.45, 2.75) is 26.5 Å². The predicted octanol–water partition coefficient (Wildman–Crippen LogP) is 5.10. The first kappa shape index (κ1) is 25.4. The molecular weight excluding hydrogens is 523 g/mol. The van der Waals surface area contributed by atoms with E-state index in [1.54, 1.807) is 18.4 Å². The second-order valence-corrected chi connectivity index (χ2v) is 7.86. The maximum atomic E-state index is 6.01. The number of ether oxygens (including phenoxy) is 2. The van der Waals surface area contributed by atoms with Crippen LogP contribution in [0.2, 0.25) is 0 Å². The highest BCUT2D eigenvalue weighted by Gasteiger charge is 2.12. The lowest BCUT2D eigenvalue weighted by atomic mass is 10.1. The highest BCUT2D eigenvalue weighted by atomic mass is 127. The summed E-state index contributed by atoms with van der Waals surface area (Å²) in [6, 6.07) is 14.4. The second kappa shape index (κ2) is 12.8. The van der Waals surface area contributed by atoms with E-state index in [2.05, 4.69) is 45.7 Å². The van der Waals surface area contributed by atoms with Crippen LogP contribution in [0.5, 0.6) is 5.75 Å². The van der Waals surface area contributed by atoms with Crippen molar-refractivity contribution >= 4 is 52.0 Å². The van der Waals surface area contributed by atoms with E-state index in [1.807, 2.05) is 38.2 Å². The predicted molar refractivity (Wildman–Crippen MR) is 140 cm³/mol. The molecule has 0 saturated heterocycles. The molecule has 0 aliphatic rings. The molecule has 0 spiro atoms. The van der Waals surface area contributed by atoms with Gasteiger partial charge in [-0.2, -0.15) is 0 Å². The average Bonchev–Trinajstić information content (AvgIpc) is 3.23. The molecule has 3 rings (SSSR count). The summed E-state index contributed by atoms with van der Waals surface area (Å²) in [5, 5.41) is 8.71. The third kappa shape index (κ3) is 7.05. The van der Waals surface area contributed by atoms with Crippen molar-refractivity contribution in [3.05, 3.63) is 58.5 Å². The molecule has 168 valence electrons. The molecule has 6 nitrogen and oxygen atoms in total. The summed E-state index contributed by atoms with van der Waals surface area (Å²) in [7, 11) is 3.72. The number of halogens is 1. The smallest absolute Gasteiger partial charge is 0.194 e. The molecule has 0 aliphatic carbocycles. The molecule has 0 bridgehead atoms. The molecule has 3 aromatic rings. The number of aliphatic imine (C=N–C) groups is 1. The van der Waals surface area contributed by atoms with Gasteiger partial charge in [0, 0.05) is 31.5 Å². The van der Waals surface area contributed by atoms with Crippen molar-refractivity contribution in [1.82, 2.24) is 15.2 Å². The molecule has 1 N–H and O–H groups in total. The van der Waals surface area contributed by atoms with Gasteiger partial charge in [-0.1, -0.05) is 36.4 Å². The van der Waals surface area contributed by atoms with E-state index in [0.29, 0.717) is 19.7 Å². The Morgan fingerprint density at radius 3 is 2.77 bits per heavy atom. The van der Waals surface area contributed by atoms with Gasteiger partial charge in [0.25, 0.3) is 0 Å². The third-order valence-corrected chi connectivity index (χ3v) is 5.78. The van der Waals surface area contributed by atoms with Crippen molar-refractivity contribution in [3.63, 3.8) is 0 Å². The fourth-order valence-corrected chi connectivity index (χ4v) is 3.94. The number of rotatable bonds is 9. The van der Waals surface area contributed by atoms with Crippen molar-refractivity contribution < 1.29 is 9.47 Å². The molecule has 31 heavy (non-hydrogen) atoms. The van der Waals surface area contributed by atoms with Gasteiger partial charge in [0.2, 0.25) is 0 Å². The molecular formula is C23H31IN4O2S. The van der Waals surface area contributed by atoms with Crippen LogP contribution in [-0.2, 0) is 11.3 Å². The quantitative estimate of drug-likeness (QED) is 0.173. The Balaban J connectivity index is 0.00000341. The number of nitrogens with one attached hydrogen (secondary N) is 1. The highest BCUT2D eigenvalue weighted by molar-refractivity contribution is 14.0. The van der Waals surface area contributed by atoms with Crippen LogP contribution in [0.15, 0.2) is 52.8 Å². The van der Waals surface area contributed by atoms with E-state index >= 15 is 0 Å². The molecule has 0 aliphatic heterocycles. The van der Waals surface area contributed by atoms with E-state index in [1.165, 1.54) is 5.39 Å². The van der Waals surface area contributed by atoms with E-state index in [9.17, 15) is 0 Å². The fraction of sp³-hybridized carbons (Fsp3) is 0.391. The maximum Gasteiger partial charge on any atom is 0.194 e. The number of hydrogen-bond acceptors (Lipinski definition) is 5. The maximum absolute atomic E-state index is 6.01. The average molecular weight is 554 g/mol. The molecule has 1 atom stereocenters. The molecule has 0 amide bonds. The Morgan fingerprint density at radius 2 is 2.00 bits per heavy atom. The lowest BCUT2D eigenvalue weighted by Gasteiger charge is -2.21. The summed E-state index contributed by atoms with van der Waals surface area (Å²) >= 11 is 1.63. The lowest BCUT2D eigenvalue weighted by molar-refractivity contribution is 0.119. The number of fused-ring (bicyclic) bond motifs is 1. The Hall–Kier alpha value is -1.91. The first-order chi connectivity index (χ1) is 14.6. The van der Waals surface area contributed by atoms with Crippen molar-refractivity contribution in [2.24, 2.45) is 4.99 Å². The molecule has 0 radical (unpaired) electrons. The standard InChI is InChI=1S/C23H30N4O2S.HI/c1-5-24-23(27(3)15-19-16-30-22(26-19)17(2)28-4)25-13-14-29-21-12-8-10-18-9-6-7-11-20(18)21;/h6-12,16-17H,5,13-15H2,1-4H3,(H,24,25);1H. The lowest BCUT2D eigenvalue weighted by Crippen LogP contribution is -2.38.